The van der Waals surface area contributed by atoms with Crippen molar-refractivity contribution in [1.29, 1.82) is 5.26 Å². The molecule has 1 N–H and O–H groups in total. The fourth-order valence-electron chi connectivity index (χ4n) is 3.56. The van der Waals surface area contributed by atoms with Crippen LogP contribution in [-0.2, 0) is 9.53 Å². The van der Waals surface area contributed by atoms with Gasteiger partial charge in [-0.3, -0.25) is 4.79 Å². The van der Waals surface area contributed by atoms with E-state index in [1.807, 2.05) is 24.3 Å². The largest absolute Gasteiger partial charge is 0.464 e. The molecule has 0 unspecified atom stereocenters. The highest BCUT2D eigenvalue weighted by atomic mass is 16.5. The Morgan fingerprint density at radius 2 is 1.83 bits per heavy atom. The molecule has 154 valence electrons. The number of carbonyl (C=O) groups excluding carboxylic acids is 1. The summed E-state index contributed by atoms with van der Waals surface area (Å²) in [6.45, 7) is 8.06. The first-order chi connectivity index (χ1) is 14.1. The fourth-order valence-corrected chi connectivity index (χ4v) is 3.56. The lowest BCUT2D eigenvalue weighted by atomic mass is 10.0. The average molecular weight is 397 g/mol. The van der Waals surface area contributed by atoms with Crippen LogP contribution in [0, 0.1) is 17.2 Å². The molecule has 29 heavy (non-hydrogen) atoms. The molecule has 0 spiro atoms. The van der Waals surface area contributed by atoms with Crippen molar-refractivity contribution in [2.24, 2.45) is 5.92 Å². The zero-order valence-electron chi connectivity index (χ0n) is 17.5. The van der Waals surface area contributed by atoms with Gasteiger partial charge in [0.15, 0.2) is 11.7 Å². The van der Waals surface area contributed by atoms with Gasteiger partial charge in [0.2, 0.25) is 0 Å². The Hall–Kier alpha value is -2.72. The molecular formula is C22H30N5O2+. The number of esters is 1. The summed E-state index contributed by atoms with van der Waals surface area (Å²) in [7, 11) is 2.16. The second-order valence-electron chi connectivity index (χ2n) is 7.74. The number of anilines is 1. The number of para-hydroxylation sites is 2. The Balaban J connectivity index is 1.95. The Kier molecular flexibility index (Phi) is 6.99. The van der Waals surface area contributed by atoms with E-state index in [-0.39, 0.29) is 0 Å². The van der Waals surface area contributed by atoms with Crippen molar-refractivity contribution in [1.82, 2.24) is 9.97 Å². The summed E-state index contributed by atoms with van der Waals surface area (Å²) in [6.07, 6.45) is 1.87. The normalized spacial score (nSPS) is 16.0. The van der Waals surface area contributed by atoms with Gasteiger partial charge in [-0.05, 0) is 18.1 Å². The molecule has 1 saturated heterocycles. The van der Waals surface area contributed by atoms with E-state index in [0.717, 1.165) is 44.5 Å². The van der Waals surface area contributed by atoms with Crippen LogP contribution < -0.4 is 9.80 Å². The van der Waals surface area contributed by atoms with Crippen molar-refractivity contribution >= 4 is 22.8 Å². The summed E-state index contributed by atoms with van der Waals surface area (Å²) >= 11 is 0. The molecule has 0 bridgehead atoms. The van der Waals surface area contributed by atoms with Crippen LogP contribution in [0.2, 0.25) is 0 Å². The zero-order valence-corrected chi connectivity index (χ0v) is 17.5. The molecular weight excluding hydrogens is 366 g/mol. The van der Waals surface area contributed by atoms with E-state index in [9.17, 15) is 10.1 Å². The number of ether oxygens (including phenoxy) is 1. The number of piperazine rings is 1. The molecule has 2 aromatic rings. The highest BCUT2D eigenvalue weighted by molar-refractivity contribution is 5.85. The third kappa shape index (κ3) is 4.83. The molecule has 1 atom stereocenters. The van der Waals surface area contributed by atoms with Gasteiger partial charge in [0.1, 0.15) is 5.69 Å². The van der Waals surface area contributed by atoms with Gasteiger partial charge in [-0.15, -0.1) is 0 Å². The smallest absolute Gasteiger partial charge is 0.329 e. The SMILES string of the molecule is CCC(CC)COC(=O)[C@@H](C#N)c1nc2ccccc2nc1N1CC[NH+](C)CC1. The molecule has 1 aliphatic rings. The monoisotopic (exact) mass is 396 g/mol. The van der Waals surface area contributed by atoms with Gasteiger partial charge >= 0.3 is 5.97 Å². The molecule has 1 aromatic carbocycles. The van der Waals surface area contributed by atoms with Gasteiger partial charge in [0, 0.05) is 0 Å². The summed E-state index contributed by atoms with van der Waals surface area (Å²) in [6, 6.07) is 9.68. The van der Waals surface area contributed by atoms with Gasteiger partial charge in [0.05, 0.1) is 56.9 Å². The number of fused-ring (bicyclic) bond motifs is 1. The van der Waals surface area contributed by atoms with Crippen molar-refractivity contribution in [2.75, 3.05) is 44.7 Å². The van der Waals surface area contributed by atoms with Gasteiger partial charge < -0.3 is 14.5 Å². The summed E-state index contributed by atoms with van der Waals surface area (Å²) in [5.41, 5.74) is 1.85. The fraction of sp³-hybridized carbons (Fsp3) is 0.545. The van der Waals surface area contributed by atoms with Crippen LogP contribution in [0.15, 0.2) is 24.3 Å². The van der Waals surface area contributed by atoms with E-state index in [0.29, 0.717) is 29.6 Å². The molecule has 7 heteroatoms. The van der Waals surface area contributed by atoms with E-state index in [4.69, 9.17) is 14.7 Å². The molecule has 0 saturated carbocycles. The summed E-state index contributed by atoms with van der Waals surface area (Å²) in [5.74, 6) is -0.684. The van der Waals surface area contributed by atoms with Crippen molar-refractivity contribution in [2.45, 2.75) is 32.6 Å². The number of hydrogen-bond donors (Lipinski definition) is 1. The molecule has 1 aliphatic heterocycles. The molecule has 7 nitrogen and oxygen atoms in total. The van der Waals surface area contributed by atoms with Crippen LogP contribution in [0.3, 0.4) is 0 Å². The highest BCUT2D eigenvalue weighted by Gasteiger charge is 2.31. The molecule has 0 aliphatic carbocycles. The third-order valence-electron chi connectivity index (χ3n) is 5.75. The maximum Gasteiger partial charge on any atom is 0.329 e. The number of aromatic nitrogens is 2. The predicted molar refractivity (Wildman–Crippen MR) is 112 cm³/mol. The average Bonchev–Trinajstić information content (AvgIpc) is 2.75. The first kappa shape index (κ1) is 21.0. The van der Waals surface area contributed by atoms with Crippen molar-refractivity contribution in [3.05, 3.63) is 30.0 Å². The van der Waals surface area contributed by atoms with E-state index >= 15 is 0 Å². The standard InChI is InChI=1S/C22H29N5O2/c1-4-16(5-2)15-29-22(28)17(14-23)20-21(27-12-10-26(3)11-13-27)25-19-9-7-6-8-18(19)24-20/h6-9,16-17H,4-5,10-13,15H2,1-3H3/p+1/t17-/m0/s1. The van der Waals surface area contributed by atoms with Crippen LogP contribution in [-0.4, -0.2) is 55.8 Å². The van der Waals surface area contributed by atoms with Gasteiger partial charge in [0.25, 0.3) is 0 Å². The summed E-state index contributed by atoms with van der Waals surface area (Å²) in [5, 5.41) is 9.83. The van der Waals surface area contributed by atoms with Crippen LogP contribution in [0.25, 0.3) is 11.0 Å². The number of benzene rings is 1. The second-order valence-corrected chi connectivity index (χ2v) is 7.74. The van der Waals surface area contributed by atoms with Crippen LogP contribution in [0.1, 0.15) is 38.3 Å². The maximum absolute atomic E-state index is 12.8. The van der Waals surface area contributed by atoms with Crippen molar-refractivity contribution < 1.29 is 14.4 Å². The van der Waals surface area contributed by atoms with Crippen LogP contribution >= 0.6 is 0 Å². The lowest BCUT2D eigenvalue weighted by molar-refractivity contribution is -0.880. The number of likely N-dealkylation sites (N-methyl/N-ethyl adjacent to an activating group) is 1. The van der Waals surface area contributed by atoms with Gasteiger partial charge in [-0.1, -0.05) is 38.8 Å². The molecule has 1 aromatic heterocycles. The highest BCUT2D eigenvalue weighted by Crippen LogP contribution is 2.28. The lowest BCUT2D eigenvalue weighted by Crippen LogP contribution is -3.12. The lowest BCUT2D eigenvalue weighted by Gasteiger charge is -2.32. The Bertz CT molecular complexity index is 882. The maximum atomic E-state index is 12.8. The number of rotatable bonds is 7. The molecule has 1 fully saturated rings. The minimum atomic E-state index is -1.08. The first-order valence-corrected chi connectivity index (χ1v) is 10.5. The Labute approximate surface area is 172 Å². The first-order valence-electron chi connectivity index (χ1n) is 10.5. The Morgan fingerprint density at radius 3 is 2.41 bits per heavy atom. The van der Waals surface area contributed by atoms with E-state index in [2.05, 4.69) is 31.9 Å². The van der Waals surface area contributed by atoms with Gasteiger partial charge in [-0.25, -0.2) is 9.97 Å². The number of carbonyl (C=O) groups is 1. The zero-order chi connectivity index (χ0) is 20.8. The number of quaternary nitrogens is 1. The quantitative estimate of drug-likeness (QED) is 0.715. The number of hydrogen-bond acceptors (Lipinski definition) is 6. The molecule has 0 radical (unpaired) electrons. The topological polar surface area (TPSA) is 83.5 Å². The third-order valence-corrected chi connectivity index (χ3v) is 5.75. The van der Waals surface area contributed by atoms with Crippen LogP contribution in [0.4, 0.5) is 5.82 Å². The van der Waals surface area contributed by atoms with Gasteiger partial charge in [-0.2, -0.15) is 5.26 Å². The molecule has 3 rings (SSSR count). The minimum Gasteiger partial charge on any atom is -0.464 e. The van der Waals surface area contributed by atoms with E-state index in [1.54, 1.807) is 0 Å². The molecule has 0 amide bonds. The molecule has 2 heterocycles. The second kappa shape index (κ2) is 9.66. The van der Waals surface area contributed by atoms with E-state index in [1.165, 1.54) is 4.90 Å². The summed E-state index contributed by atoms with van der Waals surface area (Å²) in [4.78, 5) is 25.9. The van der Waals surface area contributed by atoms with Crippen molar-refractivity contribution in [3.63, 3.8) is 0 Å². The number of nitriles is 1. The minimum absolute atomic E-state index is 0.307. The Morgan fingerprint density at radius 1 is 1.21 bits per heavy atom. The van der Waals surface area contributed by atoms with Crippen molar-refractivity contribution in [3.8, 4) is 6.07 Å². The predicted octanol–water partition coefficient (Wildman–Crippen LogP) is 1.55. The summed E-state index contributed by atoms with van der Waals surface area (Å²) < 4.78 is 5.51. The van der Waals surface area contributed by atoms with E-state index < -0.39 is 11.9 Å². The number of nitrogens with one attached hydrogen (secondary N) is 1. The van der Waals surface area contributed by atoms with Crippen LogP contribution in [0.5, 0.6) is 0 Å². The number of nitrogens with zero attached hydrogens (tertiary/aromatic N) is 4.